The first-order chi connectivity index (χ1) is 16.0. The van der Waals surface area contributed by atoms with Crippen LogP contribution in [0, 0.1) is 13.8 Å². The number of halogens is 1. The number of aryl methyl sites for hydroxylation is 2. The maximum atomic E-state index is 12.4. The summed E-state index contributed by atoms with van der Waals surface area (Å²) in [5.41, 5.74) is 7.57. The third-order valence-electron chi connectivity index (χ3n) is 4.82. The number of nitrogens with one attached hydrogen (secondary N) is 1. The van der Waals surface area contributed by atoms with Gasteiger partial charge in [0.1, 0.15) is 0 Å². The van der Waals surface area contributed by atoms with E-state index in [4.69, 9.17) is 11.6 Å². The highest BCUT2D eigenvalue weighted by molar-refractivity contribution is 7.99. The molecular formula is C25H22ClN5OS. The fourth-order valence-corrected chi connectivity index (χ4v) is 4.05. The van der Waals surface area contributed by atoms with E-state index in [2.05, 4.69) is 20.7 Å². The van der Waals surface area contributed by atoms with Crippen molar-refractivity contribution in [2.24, 2.45) is 5.10 Å². The summed E-state index contributed by atoms with van der Waals surface area (Å²) in [6.07, 6.45) is 1.55. The van der Waals surface area contributed by atoms with Gasteiger partial charge in [0.2, 0.25) is 0 Å². The molecule has 4 aromatic rings. The largest absolute Gasteiger partial charge is 0.272 e. The highest BCUT2D eigenvalue weighted by Crippen LogP contribution is 2.28. The van der Waals surface area contributed by atoms with Gasteiger partial charge in [-0.3, -0.25) is 9.36 Å². The van der Waals surface area contributed by atoms with Crippen LogP contribution in [0.3, 0.4) is 0 Å². The zero-order valence-electron chi connectivity index (χ0n) is 18.2. The Kier molecular flexibility index (Phi) is 7.22. The quantitative estimate of drug-likeness (QED) is 0.219. The molecule has 6 nitrogen and oxygen atoms in total. The molecule has 0 fully saturated rings. The lowest BCUT2D eigenvalue weighted by atomic mass is 10.1. The van der Waals surface area contributed by atoms with Crippen molar-refractivity contribution in [2.45, 2.75) is 19.0 Å². The van der Waals surface area contributed by atoms with Crippen LogP contribution in [0.25, 0.3) is 17.1 Å². The van der Waals surface area contributed by atoms with Gasteiger partial charge in [-0.2, -0.15) is 5.10 Å². The molecular weight excluding hydrogens is 454 g/mol. The predicted octanol–water partition coefficient (Wildman–Crippen LogP) is 5.45. The lowest BCUT2D eigenvalue weighted by molar-refractivity contribution is -0.118. The Balaban J connectivity index is 1.51. The summed E-state index contributed by atoms with van der Waals surface area (Å²) in [7, 11) is 0. The van der Waals surface area contributed by atoms with Gasteiger partial charge in [-0.15, -0.1) is 10.2 Å². The van der Waals surface area contributed by atoms with Crippen LogP contribution in [-0.2, 0) is 4.79 Å². The van der Waals surface area contributed by atoms with E-state index >= 15 is 0 Å². The molecule has 166 valence electrons. The molecule has 8 heteroatoms. The number of carbonyl (C=O) groups is 1. The highest BCUT2D eigenvalue weighted by atomic mass is 35.5. The third kappa shape index (κ3) is 5.88. The molecule has 0 spiro atoms. The molecule has 0 aliphatic rings. The first kappa shape index (κ1) is 22.8. The number of hydrogen-bond donors (Lipinski definition) is 1. The molecule has 1 aromatic heterocycles. The zero-order valence-corrected chi connectivity index (χ0v) is 19.8. The van der Waals surface area contributed by atoms with Crippen molar-refractivity contribution < 1.29 is 4.79 Å². The number of benzene rings is 3. The highest BCUT2D eigenvalue weighted by Gasteiger charge is 2.17. The van der Waals surface area contributed by atoms with Gasteiger partial charge < -0.3 is 0 Å². The van der Waals surface area contributed by atoms with E-state index < -0.39 is 0 Å². The molecule has 0 saturated carbocycles. The SMILES string of the molecule is Cc1ccc(-c2nnc(SCC(=O)N/N=C\c3cccc(Cl)c3)n2-c2ccc(C)cc2)cc1. The summed E-state index contributed by atoms with van der Waals surface area (Å²) in [6, 6.07) is 23.5. The predicted molar refractivity (Wildman–Crippen MR) is 134 cm³/mol. The summed E-state index contributed by atoms with van der Waals surface area (Å²) in [5, 5.41) is 14.0. The van der Waals surface area contributed by atoms with Crippen molar-refractivity contribution in [1.29, 1.82) is 0 Å². The van der Waals surface area contributed by atoms with E-state index in [0.717, 1.165) is 28.2 Å². The van der Waals surface area contributed by atoms with Crippen LogP contribution in [0.15, 0.2) is 83.1 Å². The molecule has 0 atom stereocenters. The maximum absolute atomic E-state index is 12.4. The second-order valence-corrected chi connectivity index (χ2v) is 8.86. The van der Waals surface area contributed by atoms with Crippen molar-refractivity contribution in [3.05, 3.63) is 94.5 Å². The molecule has 0 unspecified atom stereocenters. The number of aromatic nitrogens is 3. The minimum atomic E-state index is -0.242. The van der Waals surface area contributed by atoms with Gasteiger partial charge in [0.25, 0.3) is 5.91 Å². The van der Waals surface area contributed by atoms with Crippen LogP contribution < -0.4 is 5.43 Å². The number of hydrogen-bond acceptors (Lipinski definition) is 5. The molecule has 0 saturated heterocycles. The zero-order chi connectivity index (χ0) is 23.2. The van der Waals surface area contributed by atoms with Gasteiger partial charge >= 0.3 is 0 Å². The van der Waals surface area contributed by atoms with Crippen LogP contribution in [0.2, 0.25) is 5.02 Å². The van der Waals surface area contributed by atoms with E-state index in [9.17, 15) is 4.79 Å². The average molecular weight is 476 g/mol. The maximum Gasteiger partial charge on any atom is 0.250 e. The topological polar surface area (TPSA) is 72.2 Å². The number of rotatable bonds is 7. The third-order valence-corrected chi connectivity index (χ3v) is 5.98. The van der Waals surface area contributed by atoms with Crippen molar-refractivity contribution in [2.75, 3.05) is 5.75 Å². The van der Waals surface area contributed by atoms with Crippen molar-refractivity contribution in [1.82, 2.24) is 20.2 Å². The van der Waals surface area contributed by atoms with Crippen molar-refractivity contribution in [3.8, 4) is 17.1 Å². The Bertz CT molecular complexity index is 1280. The Morgan fingerprint density at radius 1 is 1.03 bits per heavy atom. The number of amides is 1. The summed E-state index contributed by atoms with van der Waals surface area (Å²) in [6.45, 7) is 4.09. The lowest BCUT2D eigenvalue weighted by Crippen LogP contribution is -2.20. The molecule has 1 N–H and O–H groups in total. The van der Waals surface area contributed by atoms with Gasteiger partial charge in [0.15, 0.2) is 11.0 Å². The summed E-state index contributed by atoms with van der Waals surface area (Å²) in [5.74, 6) is 0.625. The minimum absolute atomic E-state index is 0.144. The van der Waals surface area contributed by atoms with E-state index in [0.29, 0.717) is 10.2 Å². The van der Waals surface area contributed by atoms with Crippen molar-refractivity contribution in [3.63, 3.8) is 0 Å². The molecule has 3 aromatic carbocycles. The van der Waals surface area contributed by atoms with Gasteiger partial charge in [0, 0.05) is 16.3 Å². The number of carbonyl (C=O) groups excluding carboxylic acids is 1. The van der Waals surface area contributed by atoms with Crippen LogP contribution in [-0.4, -0.2) is 32.6 Å². The summed E-state index contributed by atoms with van der Waals surface area (Å²) in [4.78, 5) is 12.4. The second kappa shape index (κ2) is 10.5. The second-order valence-electron chi connectivity index (χ2n) is 7.48. The van der Waals surface area contributed by atoms with Crippen LogP contribution >= 0.6 is 23.4 Å². The van der Waals surface area contributed by atoms with Crippen molar-refractivity contribution >= 4 is 35.5 Å². The first-order valence-corrected chi connectivity index (χ1v) is 11.7. The van der Waals surface area contributed by atoms with Gasteiger partial charge in [-0.1, -0.05) is 83.0 Å². The first-order valence-electron chi connectivity index (χ1n) is 10.3. The molecule has 33 heavy (non-hydrogen) atoms. The molecule has 0 aliphatic carbocycles. The molecule has 0 bridgehead atoms. The van der Waals surface area contributed by atoms with Gasteiger partial charge in [-0.05, 0) is 43.7 Å². The molecule has 1 amide bonds. The average Bonchev–Trinajstić information content (AvgIpc) is 3.23. The van der Waals surface area contributed by atoms with Crippen LogP contribution in [0.4, 0.5) is 0 Å². The van der Waals surface area contributed by atoms with Gasteiger partial charge in [-0.25, -0.2) is 5.43 Å². The summed E-state index contributed by atoms with van der Waals surface area (Å²) < 4.78 is 1.97. The minimum Gasteiger partial charge on any atom is -0.272 e. The van der Waals surface area contributed by atoms with Gasteiger partial charge in [0.05, 0.1) is 12.0 Å². The fraction of sp³-hybridized carbons (Fsp3) is 0.120. The smallest absolute Gasteiger partial charge is 0.250 e. The van der Waals surface area contributed by atoms with Crippen LogP contribution in [0.1, 0.15) is 16.7 Å². The number of nitrogens with zero attached hydrogens (tertiary/aromatic N) is 4. The Morgan fingerprint density at radius 2 is 1.73 bits per heavy atom. The molecule has 4 rings (SSSR count). The van der Waals surface area contributed by atoms with E-state index in [1.54, 1.807) is 18.3 Å². The van der Waals surface area contributed by atoms with E-state index in [1.165, 1.54) is 17.3 Å². The normalized spacial score (nSPS) is 11.1. The number of thioether (sulfide) groups is 1. The molecule has 1 heterocycles. The molecule has 0 aliphatic heterocycles. The Morgan fingerprint density at radius 3 is 2.42 bits per heavy atom. The number of hydrazone groups is 1. The van der Waals surface area contributed by atoms with Crippen LogP contribution in [0.5, 0.6) is 0 Å². The summed E-state index contributed by atoms with van der Waals surface area (Å²) >= 11 is 7.27. The Labute approximate surface area is 201 Å². The fourth-order valence-electron chi connectivity index (χ4n) is 3.11. The Hall–Kier alpha value is -3.42. The molecule has 0 radical (unpaired) electrons. The van der Waals surface area contributed by atoms with E-state index in [-0.39, 0.29) is 11.7 Å². The monoisotopic (exact) mass is 475 g/mol. The standard InChI is InChI=1S/C25H22ClN5OS/c1-17-6-10-20(11-7-17)24-29-30-25(31(24)22-12-8-18(2)9-13-22)33-16-23(32)28-27-15-19-4-3-5-21(26)14-19/h3-15H,16H2,1-2H3,(H,28,32)/b27-15-. The van der Waals surface area contributed by atoms with E-state index in [1.807, 2.05) is 79.1 Å². The lowest BCUT2D eigenvalue weighted by Gasteiger charge is -2.11.